The Balaban J connectivity index is 1.73. The van der Waals surface area contributed by atoms with Gasteiger partial charge in [0.15, 0.2) is 0 Å². The number of hydrogen-bond donors (Lipinski definition) is 1. The van der Waals surface area contributed by atoms with Crippen molar-refractivity contribution in [3.8, 4) is 0 Å². The molecule has 1 aliphatic heterocycles. The van der Waals surface area contributed by atoms with E-state index >= 15 is 0 Å². The number of nitrogens with zero attached hydrogens (tertiary/aromatic N) is 2. The largest absolute Gasteiger partial charge is 0.450 e. The van der Waals surface area contributed by atoms with Gasteiger partial charge in [-0.3, -0.25) is 14.2 Å². The van der Waals surface area contributed by atoms with Gasteiger partial charge >= 0.3 is 6.09 Å². The minimum Gasteiger partial charge on any atom is -0.450 e. The molecule has 0 aliphatic carbocycles. The maximum absolute atomic E-state index is 12.8. The minimum atomic E-state index is -0.318. The molecule has 0 saturated carbocycles. The molecule has 1 aliphatic rings. The molecule has 0 bridgehead atoms. The molecule has 1 aromatic carbocycles. The van der Waals surface area contributed by atoms with E-state index in [1.54, 1.807) is 36.2 Å². The first kappa shape index (κ1) is 19.2. The van der Waals surface area contributed by atoms with E-state index in [1.165, 1.54) is 11.5 Å². The molecular weight excluding hydrogens is 370 g/mol. The van der Waals surface area contributed by atoms with Crippen molar-refractivity contribution in [2.45, 2.75) is 32.7 Å². The van der Waals surface area contributed by atoms with Crippen LogP contribution in [0.25, 0.3) is 10.9 Å². The Morgan fingerprint density at radius 1 is 1.26 bits per heavy atom. The summed E-state index contributed by atoms with van der Waals surface area (Å²) >= 11 is 6.07. The number of ether oxygens (including phenoxy) is 1. The predicted octanol–water partition coefficient (Wildman–Crippen LogP) is 3.31. The molecule has 3 rings (SSSR count). The highest BCUT2D eigenvalue weighted by atomic mass is 35.5. The van der Waals surface area contributed by atoms with Gasteiger partial charge in [-0.25, -0.2) is 4.79 Å². The molecule has 0 spiro atoms. The summed E-state index contributed by atoms with van der Waals surface area (Å²) in [6.07, 6.45) is 2.53. The topological polar surface area (TPSA) is 80.6 Å². The van der Waals surface area contributed by atoms with Gasteiger partial charge in [-0.15, -0.1) is 0 Å². The quantitative estimate of drug-likeness (QED) is 0.870. The van der Waals surface area contributed by atoms with Crippen LogP contribution in [0.15, 0.2) is 24.4 Å². The maximum Gasteiger partial charge on any atom is 0.409 e. The van der Waals surface area contributed by atoms with Gasteiger partial charge in [-0.05, 0) is 38.0 Å². The van der Waals surface area contributed by atoms with Crippen molar-refractivity contribution in [2.75, 3.05) is 19.7 Å². The van der Waals surface area contributed by atoms with E-state index in [0.717, 1.165) is 0 Å². The van der Waals surface area contributed by atoms with Crippen molar-refractivity contribution in [2.24, 2.45) is 0 Å². The molecule has 1 N–H and O–H groups in total. The highest BCUT2D eigenvalue weighted by Crippen LogP contribution is 2.25. The summed E-state index contributed by atoms with van der Waals surface area (Å²) in [5.74, 6) is -0.430. The summed E-state index contributed by atoms with van der Waals surface area (Å²) in [6.45, 7) is 4.63. The Hall–Kier alpha value is -2.54. The Morgan fingerprint density at radius 2 is 1.96 bits per heavy atom. The number of benzene rings is 1. The smallest absolute Gasteiger partial charge is 0.409 e. The number of amides is 2. The van der Waals surface area contributed by atoms with Gasteiger partial charge in [0.2, 0.25) is 5.91 Å². The van der Waals surface area contributed by atoms with Crippen molar-refractivity contribution in [1.29, 1.82) is 0 Å². The van der Waals surface area contributed by atoms with Crippen LogP contribution in [-0.2, 0) is 4.74 Å². The normalized spacial score (nSPS) is 15.0. The fraction of sp³-hybridized carbons (Fsp3) is 0.421. The monoisotopic (exact) mass is 391 g/mol. The molecule has 2 amide bonds. The number of likely N-dealkylation sites (tertiary alicyclic amines) is 1. The lowest BCUT2D eigenvalue weighted by molar-refractivity contribution is 0.0861. The lowest BCUT2D eigenvalue weighted by Gasteiger charge is -2.31. The number of rotatable bonds is 3. The van der Waals surface area contributed by atoms with Crippen LogP contribution in [0.5, 0.6) is 0 Å². The molecule has 8 heteroatoms. The number of piperidine rings is 1. The van der Waals surface area contributed by atoms with Crippen LogP contribution in [0.1, 0.15) is 41.8 Å². The van der Waals surface area contributed by atoms with Crippen LogP contribution in [-0.4, -0.2) is 53.1 Å². The summed E-state index contributed by atoms with van der Waals surface area (Å²) in [7, 11) is 0. The average molecular weight is 392 g/mol. The van der Waals surface area contributed by atoms with Crippen LogP contribution in [0, 0.1) is 0 Å². The lowest BCUT2D eigenvalue weighted by Crippen LogP contribution is -2.46. The van der Waals surface area contributed by atoms with E-state index < -0.39 is 0 Å². The molecule has 1 fully saturated rings. The number of carbonyl (C=O) groups is 3. The second-order valence-electron chi connectivity index (χ2n) is 6.53. The van der Waals surface area contributed by atoms with E-state index in [1.807, 2.05) is 0 Å². The van der Waals surface area contributed by atoms with Gasteiger partial charge in [-0.1, -0.05) is 11.6 Å². The molecule has 1 saturated heterocycles. The van der Waals surface area contributed by atoms with Crippen LogP contribution < -0.4 is 5.32 Å². The van der Waals surface area contributed by atoms with Crippen molar-refractivity contribution in [3.63, 3.8) is 0 Å². The number of aromatic nitrogens is 1. The number of nitrogens with one attached hydrogen (secondary N) is 1. The van der Waals surface area contributed by atoms with E-state index in [9.17, 15) is 14.4 Å². The summed E-state index contributed by atoms with van der Waals surface area (Å²) in [5.41, 5.74) is 1.06. The Morgan fingerprint density at radius 3 is 2.59 bits per heavy atom. The van der Waals surface area contributed by atoms with Crippen molar-refractivity contribution in [1.82, 2.24) is 14.8 Å². The van der Waals surface area contributed by atoms with E-state index in [-0.39, 0.29) is 23.9 Å². The number of carbonyl (C=O) groups excluding carboxylic acids is 3. The first-order valence-electron chi connectivity index (χ1n) is 8.94. The van der Waals surface area contributed by atoms with Gasteiger partial charge < -0.3 is 15.0 Å². The zero-order valence-corrected chi connectivity index (χ0v) is 16.1. The molecule has 0 atom stereocenters. The van der Waals surface area contributed by atoms with Crippen molar-refractivity contribution < 1.29 is 19.1 Å². The molecular formula is C19H22ClN3O4. The molecule has 1 aromatic heterocycles. The molecule has 0 radical (unpaired) electrons. The van der Waals surface area contributed by atoms with Gasteiger partial charge in [0, 0.05) is 42.7 Å². The predicted molar refractivity (Wildman–Crippen MR) is 102 cm³/mol. The third kappa shape index (κ3) is 4.08. The van der Waals surface area contributed by atoms with Gasteiger partial charge in [0.05, 0.1) is 17.7 Å². The first-order chi connectivity index (χ1) is 12.9. The summed E-state index contributed by atoms with van der Waals surface area (Å²) < 4.78 is 6.45. The highest BCUT2D eigenvalue weighted by molar-refractivity contribution is 6.31. The summed E-state index contributed by atoms with van der Waals surface area (Å²) in [4.78, 5) is 38.1. The zero-order valence-electron chi connectivity index (χ0n) is 15.3. The first-order valence-corrected chi connectivity index (χ1v) is 9.32. The zero-order chi connectivity index (χ0) is 19.6. The van der Waals surface area contributed by atoms with E-state index in [4.69, 9.17) is 16.3 Å². The molecule has 27 heavy (non-hydrogen) atoms. The second kappa shape index (κ2) is 8.00. The highest BCUT2D eigenvalue weighted by Gasteiger charge is 2.26. The number of fused-ring (bicyclic) bond motifs is 1. The molecule has 0 unspecified atom stereocenters. The molecule has 2 heterocycles. The Kier molecular flexibility index (Phi) is 5.70. The molecule has 7 nitrogen and oxygen atoms in total. The summed E-state index contributed by atoms with van der Waals surface area (Å²) in [6, 6.07) is 5.07. The number of hydrogen-bond acceptors (Lipinski definition) is 4. The van der Waals surface area contributed by atoms with Crippen LogP contribution >= 0.6 is 11.6 Å². The summed E-state index contributed by atoms with van der Waals surface area (Å²) in [5, 5.41) is 4.14. The SMILES string of the molecule is CCOC(=O)N1CCC(NC(=O)c2cn(C(C)=O)c3ccc(Cl)cc23)CC1. The second-order valence-corrected chi connectivity index (χ2v) is 6.96. The van der Waals surface area contributed by atoms with Crippen LogP contribution in [0.4, 0.5) is 4.79 Å². The van der Waals surface area contributed by atoms with E-state index in [2.05, 4.69) is 5.32 Å². The van der Waals surface area contributed by atoms with Gasteiger partial charge in [0.25, 0.3) is 5.91 Å². The fourth-order valence-corrected chi connectivity index (χ4v) is 3.50. The molecule has 2 aromatic rings. The van der Waals surface area contributed by atoms with Crippen LogP contribution in [0.2, 0.25) is 5.02 Å². The van der Waals surface area contributed by atoms with Crippen molar-refractivity contribution >= 4 is 40.4 Å². The Labute approximate surface area is 162 Å². The van der Waals surface area contributed by atoms with Gasteiger partial charge in [0.1, 0.15) is 0 Å². The maximum atomic E-state index is 12.8. The lowest BCUT2D eigenvalue weighted by atomic mass is 10.0. The third-order valence-corrected chi connectivity index (χ3v) is 4.94. The van der Waals surface area contributed by atoms with Crippen LogP contribution in [0.3, 0.4) is 0 Å². The Bertz CT molecular complexity index is 884. The fourth-order valence-electron chi connectivity index (χ4n) is 3.33. The third-order valence-electron chi connectivity index (χ3n) is 4.71. The number of halogens is 1. The van der Waals surface area contributed by atoms with Gasteiger partial charge in [-0.2, -0.15) is 0 Å². The van der Waals surface area contributed by atoms with E-state index in [0.29, 0.717) is 54.0 Å². The minimum absolute atomic E-state index is 0.0434. The molecule has 144 valence electrons. The average Bonchev–Trinajstić information content (AvgIpc) is 3.01. The van der Waals surface area contributed by atoms with Crippen molar-refractivity contribution in [3.05, 3.63) is 35.0 Å². The standard InChI is InChI=1S/C19H22ClN3O4/c1-3-27-19(26)22-8-6-14(7-9-22)21-18(25)16-11-23(12(2)24)17-5-4-13(20)10-15(16)17/h4-5,10-11,14H,3,6-9H2,1-2H3,(H,21,25).